The van der Waals surface area contributed by atoms with E-state index in [1.807, 2.05) is 0 Å². The van der Waals surface area contributed by atoms with Gasteiger partial charge >= 0.3 is 0 Å². The quantitative estimate of drug-likeness (QED) is 0.0357. The Bertz CT molecular complexity index is 2080. The van der Waals surface area contributed by atoms with Crippen molar-refractivity contribution in [3.05, 3.63) is 0 Å². The zero-order valence-corrected chi connectivity index (χ0v) is 63.8. The van der Waals surface area contributed by atoms with Crippen LogP contribution < -0.4 is 0 Å². The van der Waals surface area contributed by atoms with Gasteiger partial charge in [0.05, 0.1) is 91.3 Å². The van der Waals surface area contributed by atoms with Crippen molar-refractivity contribution in [1.82, 2.24) is 0 Å². The van der Waals surface area contributed by atoms with Gasteiger partial charge in [0.25, 0.3) is 0 Å². The molecule has 5 fully saturated rings. The summed E-state index contributed by atoms with van der Waals surface area (Å²) in [6, 6.07) is 0. The van der Waals surface area contributed by atoms with Crippen LogP contribution in [0.25, 0.3) is 0 Å². The van der Waals surface area contributed by atoms with Crippen molar-refractivity contribution in [2.45, 2.75) is 335 Å². The van der Waals surface area contributed by atoms with Crippen LogP contribution in [0, 0.1) is 5.41 Å². The number of unbranched alkanes of at least 4 members (excludes halogenated alkanes) is 18. The molecule has 0 saturated carbocycles. The highest BCUT2D eigenvalue weighted by Gasteiger charge is 2.52. The normalized spacial score (nSPS) is 33.7. The second kappa shape index (κ2) is 56.1. The maximum Gasteiger partial charge on any atom is 0.186 e. The van der Waals surface area contributed by atoms with Gasteiger partial charge in [-0.1, -0.05) is 136 Å². The Kier molecular flexibility index (Phi) is 50.4. The van der Waals surface area contributed by atoms with Crippen LogP contribution in [-0.4, -0.2) is 367 Å². The molecule has 0 spiro atoms. The summed E-state index contributed by atoms with van der Waals surface area (Å²) >= 11 is 0. The van der Waals surface area contributed by atoms with Crippen LogP contribution in [0.1, 0.15) is 181 Å². The highest BCUT2D eigenvalue weighted by atomic mass is 16.7. The first-order valence-corrected chi connectivity index (χ1v) is 40.0. The molecule has 5 rings (SSSR count). The average molecular weight is 1560 g/mol. The van der Waals surface area contributed by atoms with Crippen molar-refractivity contribution in [1.29, 1.82) is 0 Å². The second-order valence-electron chi connectivity index (χ2n) is 29.1. The van der Waals surface area contributed by atoms with Gasteiger partial charge in [-0.25, -0.2) is 0 Å². The van der Waals surface area contributed by atoms with Gasteiger partial charge in [0.1, 0.15) is 122 Å². The summed E-state index contributed by atoms with van der Waals surface area (Å²) in [7, 11) is 0. The zero-order valence-electron chi connectivity index (χ0n) is 63.8. The smallest absolute Gasteiger partial charge is 0.186 e. The van der Waals surface area contributed by atoms with Crippen LogP contribution in [0.15, 0.2) is 0 Å². The standard InChI is InChI=1S/C74H140O33/c1-4-7-10-13-16-19-22-29-92-45-74(46-93-30-23-20-17-14-11-8-5-2,47-94-31-24-21-18-15-12-9-6-3)48-102-73-68(97-35-28-39-101-72-65(90)61(86)57(82)52(43-78)106-72)67(96-34-27-38-100-71-64(89)60(85)56(81)51(42-77)105-71)66(95-33-26-37-99-70-63(88)59(84)55(80)50(41-76)104-70)53(107-73)44-91-32-25-36-98-69-62(87)58(83)54(79)49(40-75)103-69/h49-73,75-90H,4-48H2,1-3H3/t49?,50?,51?,52?,53?,54-,55-,56-,57-,58+,59+,60+,61+,62?,63?,64?,65?,66-,67+,68?,69-,70-,71-,72-,73-/m1/s1. The number of hydrogen-bond acceptors (Lipinski definition) is 33. The molecule has 107 heavy (non-hydrogen) atoms. The van der Waals surface area contributed by atoms with Crippen molar-refractivity contribution in [2.75, 3.05) is 132 Å². The highest BCUT2D eigenvalue weighted by molar-refractivity contribution is 4.96. The van der Waals surface area contributed by atoms with E-state index in [9.17, 15) is 81.7 Å². The maximum atomic E-state index is 10.9. The van der Waals surface area contributed by atoms with Gasteiger partial charge in [0.2, 0.25) is 0 Å². The van der Waals surface area contributed by atoms with Gasteiger partial charge in [0.15, 0.2) is 31.5 Å². The highest BCUT2D eigenvalue weighted by Crippen LogP contribution is 2.34. The van der Waals surface area contributed by atoms with Crippen LogP contribution in [0.4, 0.5) is 0 Å². The number of ether oxygens (including phenoxy) is 17. The molecule has 0 bridgehead atoms. The molecule has 5 heterocycles. The monoisotopic (exact) mass is 1560 g/mol. The molecule has 0 aliphatic carbocycles. The van der Waals surface area contributed by atoms with Crippen LogP contribution in [-0.2, 0) is 80.5 Å². The fraction of sp³-hybridized carbons (Fsp3) is 1.00. The predicted molar refractivity (Wildman–Crippen MR) is 381 cm³/mol. The first-order chi connectivity index (χ1) is 51.8. The van der Waals surface area contributed by atoms with Gasteiger partial charge < -0.3 is 162 Å². The third-order valence-corrected chi connectivity index (χ3v) is 20.1. The number of aliphatic hydroxyl groups excluding tert-OH is 16. The summed E-state index contributed by atoms with van der Waals surface area (Å²) < 4.78 is 107. The van der Waals surface area contributed by atoms with Crippen LogP contribution >= 0.6 is 0 Å². The van der Waals surface area contributed by atoms with Crippen molar-refractivity contribution < 1.29 is 162 Å². The Labute approximate surface area is 632 Å². The molecule has 0 aromatic heterocycles. The van der Waals surface area contributed by atoms with Crippen molar-refractivity contribution in [3.8, 4) is 0 Å². The molecular weight excluding hydrogens is 1420 g/mol. The molecule has 5 saturated heterocycles. The zero-order chi connectivity index (χ0) is 77.8. The SMILES string of the molecule is CCCCCCCCCOCC(COCCCCCCCCC)(COCCCCCCCCC)CO[C@@H]1OC(COCCCO[C@@H]2OC(CO)[C@@H](O)[C@H](O)C2O)[C@@H](OCCCO[C@@H]2OC(CO)[C@@H](O)[C@H](O)C2O)[C@H](OCCCO[C@@H]2OC(CO)[C@@H](O)[C@H](O)C2O)C1OCCCO[C@@H]1OC(CO)[C@@H](O)[C@H](O)C1O. The first-order valence-electron chi connectivity index (χ1n) is 40.0. The van der Waals surface area contributed by atoms with E-state index in [0.29, 0.717) is 19.8 Å². The third kappa shape index (κ3) is 33.4. The first kappa shape index (κ1) is 96.3. The van der Waals surface area contributed by atoms with Crippen molar-refractivity contribution in [3.63, 3.8) is 0 Å². The molecular formula is C74H140O33. The second-order valence-corrected chi connectivity index (χ2v) is 29.1. The van der Waals surface area contributed by atoms with E-state index in [4.69, 9.17) is 80.5 Å². The maximum absolute atomic E-state index is 10.9. The number of aliphatic hydroxyl groups is 16. The fourth-order valence-electron chi connectivity index (χ4n) is 13.4. The Morgan fingerprint density at radius 3 is 0.804 bits per heavy atom. The average Bonchev–Trinajstić information content (AvgIpc) is 0.790. The largest absolute Gasteiger partial charge is 0.394 e. The molecule has 0 aromatic rings. The minimum atomic E-state index is -1.71. The minimum absolute atomic E-state index is 0.0109. The van der Waals surface area contributed by atoms with E-state index < -0.39 is 185 Å². The topological polar surface area (TPSA) is 481 Å². The van der Waals surface area contributed by atoms with E-state index >= 15 is 0 Å². The van der Waals surface area contributed by atoms with Gasteiger partial charge in [-0.3, -0.25) is 0 Å². The van der Waals surface area contributed by atoms with Crippen molar-refractivity contribution in [2.24, 2.45) is 5.41 Å². The summed E-state index contributed by atoms with van der Waals surface area (Å²) in [4.78, 5) is 0. The Balaban J connectivity index is 1.53. The molecule has 5 aliphatic heterocycles. The summed E-state index contributed by atoms with van der Waals surface area (Å²) in [6.45, 7) is 4.55. The summed E-state index contributed by atoms with van der Waals surface area (Å²) in [6.07, 6.45) is -13.6. The molecule has 16 N–H and O–H groups in total. The summed E-state index contributed by atoms with van der Waals surface area (Å²) in [5, 5.41) is 167. The van der Waals surface area contributed by atoms with Gasteiger partial charge in [-0.15, -0.1) is 0 Å². The Hall–Kier alpha value is -1.32. The molecule has 33 nitrogen and oxygen atoms in total. The Morgan fingerprint density at radius 2 is 0.486 bits per heavy atom. The molecule has 10 unspecified atom stereocenters. The molecule has 0 aromatic carbocycles. The van der Waals surface area contributed by atoms with E-state index in [2.05, 4.69) is 20.8 Å². The molecule has 0 amide bonds. The molecule has 5 aliphatic rings. The summed E-state index contributed by atoms with van der Waals surface area (Å²) in [5.74, 6) is 0. The lowest BCUT2D eigenvalue weighted by atomic mass is 9.91. The lowest BCUT2D eigenvalue weighted by Crippen LogP contribution is -2.62. The van der Waals surface area contributed by atoms with Gasteiger partial charge in [-0.05, 0) is 44.9 Å². The minimum Gasteiger partial charge on any atom is -0.394 e. The molecule has 25 atom stereocenters. The molecule has 634 valence electrons. The number of hydrogen-bond donors (Lipinski definition) is 16. The van der Waals surface area contributed by atoms with E-state index in [0.717, 1.165) is 96.3 Å². The van der Waals surface area contributed by atoms with Crippen LogP contribution in [0.2, 0.25) is 0 Å². The third-order valence-electron chi connectivity index (χ3n) is 20.1. The van der Waals surface area contributed by atoms with Crippen LogP contribution in [0.3, 0.4) is 0 Å². The lowest BCUT2D eigenvalue weighted by molar-refractivity contribution is -0.332. The van der Waals surface area contributed by atoms with E-state index in [1.54, 1.807) is 0 Å². The van der Waals surface area contributed by atoms with Crippen molar-refractivity contribution >= 4 is 0 Å². The van der Waals surface area contributed by atoms with E-state index in [1.165, 1.54) is 38.5 Å². The number of rotatable bonds is 62. The fourth-order valence-corrected chi connectivity index (χ4v) is 13.4. The van der Waals surface area contributed by atoms with E-state index in [-0.39, 0.29) is 112 Å². The lowest BCUT2D eigenvalue weighted by Gasteiger charge is -2.46. The van der Waals surface area contributed by atoms with Gasteiger partial charge in [-0.2, -0.15) is 0 Å². The summed E-state index contributed by atoms with van der Waals surface area (Å²) in [5.41, 5.74) is -0.949. The molecule has 33 heteroatoms. The molecule has 0 radical (unpaired) electrons. The predicted octanol–water partition coefficient (Wildman–Crippen LogP) is 0.0145. The van der Waals surface area contributed by atoms with Crippen LogP contribution in [0.5, 0.6) is 0 Å². The Morgan fingerprint density at radius 1 is 0.224 bits per heavy atom. The van der Waals surface area contributed by atoms with Gasteiger partial charge in [0, 0.05) is 46.2 Å².